The highest BCUT2D eigenvalue weighted by molar-refractivity contribution is 4.88. The Morgan fingerprint density at radius 2 is 1.94 bits per heavy atom. The molecular formula is C15H30O. The van der Waals surface area contributed by atoms with E-state index in [2.05, 4.69) is 34.6 Å². The van der Waals surface area contributed by atoms with Crippen LogP contribution in [0.5, 0.6) is 0 Å². The van der Waals surface area contributed by atoms with Gasteiger partial charge in [0.15, 0.2) is 0 Å². The zero-order chi connectivity index (χ0) is 12.4. The minimum Gasteiger partial charge on any atom is -0.390 e. The van der Waals surface area contributed by atoms with Gasteiger partial charge in [0, 0.05) is 0 Å². The molecule has 0 amide bonds. The van der Waals surface area contributed by atoms with Gasteiger partial charge in [-0.2, -0.15) is 0 Å². The number of aliphatic hydroxyl groups is 1. The molecule has 1 nitrogen and oxygen atoms in total. The molecule has 0 aromatic carbocycles. The summed E-state index contributed by atoms with van der Waals surface area (Å²) >= 11 is 0. The van der Waals surface area contributed by atoms with Crippen LogP contribution in [0.1, 0.15) is 73.1 Å². The first-order valence-corrected chi connectivity index (χ1v) is 6.94. The van der Waals surface area contributed by atoms with E-state index in [-0.39, 0.29) is 5.60 Å². The van der Waals surface area contributed by atoms with Crippen molar-refractivity contribution in [1.82, 2.24) is 0 Å². The van der Waals surface area contributed by atoms with Crippen LogP contribution in [0.25, 0.3) is 0 Å². The van der Waals surface area contributed by atoms with Gasteiger partial charge in [-0.15, -0.1) is 0 Å². The highest BCUT2D eigenvalue weighted by Gasteiger charge is 2.35. The van der Waals surface area contributed by atoms with Gasteiger partial charge in [0.25, 0.3) is 0 Å². The van der Waals surface area contributed by atoms with Crippen LogP contribution in [0.15, 0.2) is 0 Å². The maximum atomic E-state index is 10.7. The van der Waals surface area contributed by atoms with Crippen molar-refractivity contribution in [3.8, 4) is 0 Å². The van der Waals surface area contributed by atoms with Gasteiger partial charge in [0.2, 0.25) is 0 Å². The first-order chi connectivity index (χ1) is 7.22. The fourth-order valence-electron chi connectivity index (χ4n) is 2.79. The summed E-state index contributed by atoms with van der Waals surface area (Å²) in [5, 5.41) is 10.7. The molecule has 96 valence electrons. The number of hydrogen-bond donors (Lipinski definition) is 1. The first kappa shape index (κ1) is 14.0. The van der Waals surface area contributed by atoms with Gasteiger partial charge in [-0.1, -0.05) is 41.0 Å². The Balaban J connectivity index is 2.49. The van der Waals surface area contributed by atoms with E-state index >= 15 is 0 Å². The van der Waals surface area contributed by atoms with Gasteiger partial charge in [-0.25, -0.2) is 0 Å². The molecule has 1 rings (SSSR count). The van der Waals surface area contributed by atoms with Crippen molar-refractivity contribution >= 4 is 0 Å². The lowest BCUT2D eigenvalue weighted by Gasteiger charge is -2.40. The Hall–Kier alpha value is -0.0400. The second-order valence-electron chi connectivity index (χ2n) is 7.39. The van der Waals surface area contributed by atoms with Crippen molar-refractivity contribution in [1.29, 1.82) is 0 Å². The summed E-state index contributed by atoms with van der Waals surface area (Å²) in [4.78, 5) is 0. The van der Waals surface area contributed by atoms with Crippen LogP contribution in [0.4, 0.5) is 0 Å². The Labute approximate surface area is 102 Å². The Morgan fingerprint density at radius 3 is 2.44 bits per heavy atom. The normalized spacial score (nSPS) is 32.1. The van der Waals surface area contributed by atoms with E-state index in [1.807, 2.05) is 0 Å². The van der Waals surface area contributed by atoms with Crippen LogP contribution in [0.3, 0.4) is 0 Å². The number of rotatable bonds is 3. The highest BCUT2D eigenvalue weighted by atomic mass is 16.3. The molecule has 0 heterocycles. The smallest absolute Gasteiger partial charge is 0.0650 e. The van der Waals surface area contributed by atoms with E-state index in [9.17, 15) is 5.11 Å². The Kier molecular flexibility index (Phi) is 4.45. The Morgan fingerprint density at radius 1 is 1.31 bits per heavy atom. The molecule has 0 saturated heterocycles. The summed E-state index contributed by atoms with van der Waals surface area (Å²) in [6.45, 7) is 11.4. The molecule has 0 aromatic heterocycles. The maximum Gasteiger partial charge on any atom is 0.0650 e. The molecule has 0 aliphatic heterocycles. The minimum atomic E-state index is -0.361. The van der Waals surface area contributed by atoms with E-state index < -0.39 is 0 Å². The van der Waals surface area contributed by atoms with Crippen molar-refractivity contribution in [2.24, 2.45) is 17.3 Å². The van der Waals surface area contributed by atoms with Gasteiger partial charge >= 0.3 is 0 Å². The predicted molar refractivity (Wildman–Crippen MR) is 70.4 cm³/mol. The second kappa shape index (κ2) is 5.08. The van der Waals surface area contributed by atoms with E-state index in [4.69, 9.17) is 0 Å². The summed E-state index contributed by atoms with van der Waals surface area (Å²) in [6, 6.07) is 0. The lowest BCUT2D eigenvalue weighted by atomic mass is 9.70. The monoisotopic (exact) mass is 226 g/mol. The summed E-state index contributed by atoms with van der Waals surface area (Å²) in [5.41, 5.74) is -0.0129. The lowest BCUT2D eigenvalue weighted by Crippen LogP contribution is -2.37. The van der Waals surface area contributed by atoms with Crippen molar-refractivity contribution in [3.05, 3.63) is 0 Å². The van der Waals surface area contributed by atoms with Crippen molar-refractivity contribution in [3.63, 3.8) is 0 Å². The van der Waals surface area contributed by atoms with E-state index in [0.29, 0.717) is 5.41 Å². The predicted octanol–water partition coefficient (Wildman–Crippen LogP) is 4.39. The molecule has 1 aliphatic rings. The van der Waals surface area contributed by atoms with Crippen LogP contribution in [0.2, 0.25) is 0 Å². The zero-order valence-electron chi connectivity index (χ0n) is 11.8. The van der Waals surface area contributed by atoms with Crippen molar-refractivity contribution < 1.29 is 5.11 Å². The molecule has 1 aliphatic carbocycles. The molecule has 1 fully saturated rings. The van der Waals surface area contributed by atoms with Crippen LogP contribution >= 0.6 is 0 Å². The van der Waals surface area contributed by atoms with E-state index in [1.54, 1.807) is 0 Å². The third-order valence-corrected chi connectivity index (χ3v) is 4.14. The van der Waals surface area contributed by atoms with Crippen LogP contribution in [-0.2, 0) is 0 Å². The molecule has 0 radical (unpaired) electrons. The number of hydrogen-bond acceptors (Lipinski definition) is 1. The Bertz CT molecular complexity index is 214. The summed E-state index contributed by atoms with van der Waals surface area (Å²) in [7, 11) is 0. The lowest BCUT2D eigenvalue weighted by molar-refractivity contribution is -0.0380. The molecule has 1 heteroatoms. The highest BCUT2D eigenvalue weighted by Crippen LogP contribution is 2.40. The fourth-order valence-corrected chi connectivity index (χ4v) is 2.79. The first-order valence-electron chi connectivity index (χ1n) is 6.94. The fraction of sp³-hybridized carbons (Fsp3) is 1.00. The van der Waals surface area contributed by atoms with Gasteiger partial charge in [-0.05, 0) is 49.4 Å². The topological polar surface area (TPSA) is 20.2 Å². The molecule has 0 aromatic rings. The van der Waals surface area contributed by atoms with Crippen LogP contribution in [0, 0.1) is 17.3 Å². The molecular weight excluding hydrogens is 196 g/mol. The van der Waals surface area contributed by atoms with Crippen LogP contribution < -0.4 is 0 Å². The summed E-state index contributed by atoms with van der Waals surface area (Å²) < 4.78 is 0. The van der Waals surface area contributed by atoms with E-state index in [1.165, 1.54) is 12.8 Å². The molecule has 2 atom stereocenters. The van der Waals surface area contributed by atoms with Gasteiger partial charge in [-0.3, -0.25) is 0 Å². The molecule has 1 N–H and O–H groups in total. The molecule has 16 heavy (non-hydrogen) atoms. The second-order valence-corrected chi connectivity index (χ2v) is 7.39. The van der Waals surface area contributed by atoms with Gasteiger partial charge in [0.1, 0.15) is 0 Å². The third-order valence-electron chi connectivity index (χ3n) is 4.14. The molecule has 0 spiro atoms. The average molecular weight is 226 g/mol. The van der Waals surface area contributed by atoms with Crippen LogP contribution in [-0.4, -0.2) is 10.7 Å². The standard InChI is InChI=1S/C15H30O/c1-12(2)13-7-6-8-15(16,11-13)10-9-14(3,4)5/h12-13,16H,6-11H2,1-5H3. The summed E-state index contributed by atoms with van der Waals surface area (Å²) in [5.74, 6) is 1.46. The average Bonchev–Trinajstić information content (AvgIpc) is 2.14. The quantitative estimate of drug-likeness (QED) is 0.756. The van der Waals surface area contributed by atoms with Gasteiger partial charge in [0.05, 0.1) is 5.60 Å². The summed E-state index contributed by atoms with van der Waals surface area (Å²) in [6.07, 6.45) is 6.69. The molecule has 0 bridgehead atoms. The van der Waals surface area contributed by atoms with Crippen molar-refractivity contribution in [2.75, 3.05) is 0 Å². The SMILES string of the molecule is CC(C)C1CCCC(O)(CCC(C)(C)C)C1. The maximum absolute atomic E-state index is 10.7. The largest absolute Gasteiger partial charge is 0.390 e. The molecule has 1 saturated carbocycles. The van der Waals surface area contributed by atoms with Gasteiger partial charge < -0.3 is 5.11 Å². The molecule has 2 unspecified atom stereocenters. The zero-order valence-corrected chi connectivity index (χ0v) is 11.8. The third kappa shape index (κ3) is 4.45. The minimum absolute atomic E-state index is 0.348. The van der Waals surface area contributed by atoms with E-state index in [0.717, 1.165) is 37.5 Å². The van der Waals surface area contributed by atoms with Crippen molar-refractivity contribution in [2.45, 2.75) is 78.7 Å².